The van der Waals surface area contributed by atoms with Crippen molar-refractivity contribution < 1.29 is 9.90 Å². The molecule has 0 atom stereocenters. The molecule has 1 aliphatic rings. The summed E-state index contributed by atoms with van der Waals surface area (Å²) in [4.78, 5) is 32.0. The molecule has 0 spiro atoms. The standard InChI is InChI=1S/C22H19N5O3/c1-12-7-8-14(21(28)29)11-16(12)17-18(20-25-26-22(30)27(20)15-9-10-15)24-19(23-17)13-5-3-2-4-6-13/h2-8,11,15H,9-10H2,1H3,(H,23,24)(H,26,30)(H,28,29). The highest BCUT2D eigenvalue weighted by Crippen LogP contribution is 2.39. The molecule has 2 aromatic carbocycles. The number of rotatable bonds is 5. The first-order valence-electron chi connectivity index (χ1n) is 9.70. The van der Waals surface area contributed by atoms with Gasteiger partial charge >= 0.3 is 11.7 Å². The van der Waals surface area contributed by atoms with Gasteiger partial charge in [0.2, 0.25) is 0 Å². The predicted octanol–water partition coefficient (Wildman–Crippen LogP) is 3.64. The molecule has 5 rings (SSSR count). The molecule has 2 aromatic heterocycles. The van der Waals surface area contributed by atoms with E-state index in [-0.39, 0.29) is 17.3 Å². The number of H-pyrrole nitrogens is 2. The number of aryl methyl sites for hydroxylation is 1. The van der Waals surface area contributed by atoms with E-state index in [0.717, 1.165) is 24.0 Å². The van der Waals surface area contributed by atoms with E-state index in [2.05, 4.69) is 15.2 Å². The van der Waals surface area contributed by atoms with Gasteiger partial charge in [0.05, 0.1) is 11.3 Å². The van der Waals surface area contributed by atoms with Crippen molar-refractivity contribution in [3.8, 4) is 34.2 Å². The number of carbonyl (C=O) groups is 1. The topological polar surface area (TPSA) is 117 Å². The molecule has 0 radical (unpaired) electrons. The molecule has 0 aliphatic heterocycles. The Morgan fingerprint density at radius 1 is 1.17 bits per heavy atom. The monoisotopic (exact) mass is 401 g/mol. The van der Waals surface area contributed by atoms with E-state index in [0.29, 0.717) is 28.6 Å². The zero-order valence-corrected chi connectivity index (χ0v) is 16.2. The van der Waals surface area contributed by atoms with Crippen molar-refractivity contribution in [2.75, 3.05) is 0 Å². The van der Waals surface area contributed by atoms with Crippen molar-refractivity contribution in [2.24, 2.45) is 0 Å². The molecule has 0 bridgehead atoms. The molecule has 1 saturated carbocycles. The molecule has 0 unspecified atom stereocenters. The number of aromatic nitrogens is 5. The summed E-state index contributed by atoms with van der Waals surface area (Å²) in [6.45, 7) is 1.91. The van der Waals surface area contributed by atoms with Gasteiger partial charge in [0.25, 0.3) is 0 Å². The Kier molecular flexibility index (Phi) is 4.13. The fourth-order valence-electron chi connectivity index (χ4n) is 3.63. The average molecular weight is 401 g/mol. The van der Waals surface area contributed by atoms with Crippen LogP contribution in [0.5, 0.6) is 0 Å². The first kappa shape index (κ1) is 18.1. The number of hydrogen-bond acceptors (Lipinski definition) is 4. The minimum atomic E-state index is -1.00. The number of hydrogen-bond donors (Lipinski definition) is 3. The summed E-state index contributed by atoms with van der Waals surface area (Å²) < 4.78 is 1.64. The molecule has 3 N–H and O–H groups in total. The van der Waals surface area contributed by atoms with Gasteiger partial charge in [-0.2, -0.15) is 5.10 Å². The van der Waals surface area contributed by atoms with Gasteiger partial charge in [0.1, 0.15) is 11.5 Å². The lowest BCUT2D eigenvalue weighted by molar-refractivity contribution is 0.0697. The Bertz CT molecular complexity index is 1310. The molecule has 1 aliphatic carbocycles. The number of nitrogens with one attached hydrogen (secondary N) is 2. The van der Waals surface area contributed by atoms with E-state index in [1.165, 1.54) is 0 Å². The molecule has 0 amide bonds. The summed E-state index contributed by atoms with van der Waals surface area (Å²) in [7, 11) is 0. The SMILES string of the molecule is Cc1ccc(C(=O)O)cc1-c1[nH]c(-c2ccccc2)nc1-c1n[nH]c(=O)n1C1CC1. The van der Waals surface area contributed by atoms with Crippen molar-refractivity contribution in [3.63, 3.8) is 0 Å². The first-order valence-corrected chi connectivity index (χ1v) is 9.70. The molecule has 0 saturated heterocycles. The van der Waals surface area contributed by atoms with E-state index in [9.17, 15) is 14.7 Å². The highest BCUT2D eigenvalue weighted by atomic mass is 16.4. The third kappa shape index (κ3) is 3.02. The summed E-state index contributed by atoms with van der Waals surface area (Å²) in [6.07, 6.45) is 1.84. The minimum Gasteiger partial charge on any atom is -0.478 e. The number of nitrogens with zero attached hydrogens (tertiary/aromatic N) is 3. The van der Waals surface area contributed by atoms with Crippen LogP contribution in [0.3, 0.4) is 0 Å². The van der Waals surface area contributed by atoms with Crippen LogP contribution in [0.4, 0.5) is 0 Å². The van der Waals surface area contributed by atoms with Gasteiger partial charge < -0.3 is 10.1 Å². The third-order valence-electron chi connectivity index (χ3n) is 5.33. The molecule has 30 heavy (non-hydrogen) atoms. The smallest absolute Gasteiger partial charge is 0.343 e. The van der Waals surface area contributed by atoms with Gasteiger partial charge in [0.15, 0.2) is 5.82 Å². The van der Waals surface area contributed by atoms with E-state index in [1.807, 2.05) is 37.3 Å². The second-order valence-electron chi connectivity index (χ2n) is 7.46. The number of benzene rings is 2. The first-order chi connectivity index (χ1) is 14.5. The maximum atomic E-state index is 12.4. The summed E-state index contributed by atoms with van der Waals surface area (Å²) in [6, 6.07) is 14.7. The van der Waals surface area contributed by atoms with Crippen LogP contribution in [-0.4, -0.2) is 35.8 Å². The third-order valence-corrected chi connectivity index (χ3v) is 5.33. The summed E-state index contributed by atoms with van der Waals surface area (Å²) >= 11 is 0. The van der Waals surface area contributed by atoms with Crippen LogP contribution < -0.4 is 5.69 Å². The molecule has 150 valence electrons. The molecule has 4 aromatic rings. The zero-order chi connectivity index (χ0) is 20.8. The van der Waals surface area contributed by atoms with Crippen molar-refractivity contribution in [2.45, 2.75) is 25.8 Å². The van der Waals surface area contributed by atoms with Gasteiger partial charge in [-0.1, -0.05) is 36.4 Å². The molecule has 8 nitrogen and oxygen atoms in total. The van der Waals surface area contributed by atoms with Gasteiger partial charge in [-0.05, 0) is 37.5 Å². The van der Waals surface area contributed by atoms with E-state index in [4.69, 9.17) is 4.98 Å². The highest BCUT2D eigenvalue weighted by molar-refractivity contribution is 5.91. The zero-order valence-electron chi connectivity index (χ0n) is 16.2. The Morgan fingerprint density at radius 2 is 1.93 bits per heavy atom. The van der Waals surface area contributed by atoms with Gasteiger partial charge in [0, 0.05) is 17.2 Å². The second-order valence-corrected chi connectivity index (χ2v) is 7.46. The molecule has 8 heteroatoms. The largest absolute Gasteiger partial charge is 0.478 e. The van der Waals surface area contributed by atoms with Crippen LogP contribution in [-0.2, 0) is 0 Å². The summed E-state index contributed by atoms with van der Waals surface area (Å²) in [5.74, 6) is 0.0739. The van der Waals surface area contributed by atoms with Crippen LogP contribution in [0, 0.1) is 6.92 Å². The normalized spacial score (nSPS) is 13.5. The Hall–Kier alpha value is -3.94. The van der Waals surface area contributed by atoms with Crippen molar-refractivity contribution in [1.82, 2.24) is 24.7 Å². The fraction of sp³-hybridized carbons (Fsp3) is 0.182. The van der Waals surface area contributed by atoms with Crippen LogP contribution >= 0.6 is 0 Å². The lowest BCUT2D eigenvalue weighted by Gasteiger charge is -2.08. The van der Waals surface area contributed by atoms with Crippen molar-refractivity contribution >= 4 is 5.97 Å². The maximum absolute atomic E-state index is 12.4. The van der Waals surface area contributed by atoms with Crippen molar-refractivity contribution in [3.05, 3.63) is 70.1 Å². The van der Waals surface area contributed by atoms with Gasteiger partial charge in [-0.15, -0.1) is 0 Å². The van der Waals surface area contributed by atoms with Crippen LogP contribution in [0.15, 0.2) is 53.3 Å². The molecular weight excluding hydrogens is 382 g/mol. The maximum Gasteiger partial charge on any atom is 0.343 e. The molecule has 1 fully saturated rings. The number of aromatic amines is 2. The predicted molar refractivity (Wildman–Crippen MR) is 111 cm³/mol. The van der Waals surface area contributed by atoms with E-state index < -0.39 is 5.97 Å². The average Bonchev–Trinajstić information content (AvgIpc) is 3.37. The van der Waals surface area contributed by atoms with E-state index >= 15 is 0 Å². The number of aromatic carboxylic acids is 1. The lowest BCUT2D eigenvalue weighted by Crippen LogP contribution is -2.16. The van der Waals surface area contributed by atoms with Gasteiger partial charge in [-0.3, -0.25) is 4.57 Å². The van der Waals surface area contributed by atoms with E-state index in [1.54, 1.807) is 22.8 Å². The summed E-state index contributed by atoms with van der Waals surface area (Å²) in [5, 5.41) is 16.2. The Labute approximate surface area is 171 Å². The second kappa shape index (κ2) is 6.84. The minimum absolute atomic E-state index is 0.113. The quantitative estimate of drug-likeness (QED) is 0.472. The summed E-state index contributed by atoms with van der Waals surface area (Å²) in [5.41, 5.74) is 3.54. The van der Waals surface area contributed by atoms with Crippen LogP contribution in [0.2, 0.25) is 0 Å². The Balaban J connectivity index is 1.77. The highest BCUT2D eigenvalue weighted by Gasteiger charge is 2.31. The Morgan fingerprint density at radius 3 is 2.63 bits per heavy atom. The fourth-order valence-corrected chi connectivity index (χ4v) is 3.63. The number of carboxylic acid groups (broad SMARTS) is 1. The van der Waals surface area contributed by atoms with Crippen molar-refractivity contribution in [1.29, 1.82) is 0 Å². The number of carboxylic acids is 1. The van der Waals surface area contributed by atoms with Crippen LogP contribution in [0.1, 0.15) is 34.8 Å². The molecular formula is C22H19N5O3. The van der Waals surface area contributed by atoms with Gasteiger partial charge in [-0.25, -0.2) is 19.7 Å². The lowest BCUT2D eigenvalue weighted by atomic mass is 10.0. The molecule has 2 heterocycles. The van der Waals surface area contributed by atoms with Crippen LogP contribution in [0.25, 0.3) is 34.2 Å². The number of imidazole rings is 1.